The number of hydrogen-bond donors (Lipinski definition) is 0. The molecule has 12 rings (SSSR count). The number of para-hydroxylation sites is 2. The molecule has 5 heteroatoms. The fourth-order valence-corrected chi connectivity index (χ4v) is 9.04. The highest BCUT2D eigenvalue weighted by atomic mass is 15.0. The van der Waals surface area contributed by atoms with Crippen molar-refractivity contribution in [2.45, 2.75) is 0 Å². The molecule has 62 heavy (non-hydrogen) atoms. The standard InChI is InChI=1S/C57H37N5/c1-5-17-38(18-6-1)42-29-31-49-47-25-13-15-27-51(47)61(53(49)35-42)45-33-44(57-59-55(40-21-9-3-10-22-40)58-56(60-57)41-23-11-4-12-24-41)34-46(37-45)62-52-28-16-14-26-48(52)50-32-30-43(36-54(50)62)39-19-7-2-8-20-39/h1-37H. The molecule has 0 saturated heterocycles. The van der Waals surface area contributed by atoms with Gasteiger partial charge in [-0.15, -0.1) is 0 Å². The molecule has 0 bridgehead atoms. The molecule has 0 unspecified atom stereocenters. The fraction of sp³-hybridized carbons (Fsp3) is 0. The van der Waals surface area contributed by atoms with E-state index in [1.165, 1.54) is 32.7 Å². The van der Waals surface area contributed by atoms with Crippen LogP contribution in [0.4, 0.5) is 0 Å². The Morgan fingerprint density at radius 3 is 0.984 bits per heavy atom. The van der Waals surface area contributed by atoms with Crippen LogP contribution in [0.5, 0.6) is 0 Å². The monoisotopic (exact) mass is 791 g/mol. The number of aromatic nitrogens is 5. The second kappa shape index (κ2) is 14.7. The first kappa shape index (κ1) is 35.5. The Kier molecular flexibility index (Phi) is 8.42. The van der Waals surface area contributed by atoms with Crippen LogP contribution in [0.25, 0.3) is 111 Å². The summed E-state index contributed by atoms with van der Waals surface area (Å²) in [6.07, 6.45) is 0. The number of fused-ring (bicyclic) bond motifs is 6. The Balaban J connectivity index is 1.18. The van der Waals surface area contributed by atoms with Crippen LogP contribution in [0.2, 0.25) is 0 Å². The molecule has 0 atom stereocenters. The maximum atomic E-state index is 5.26. The van der Waals surface area contributed by atoms with Gasteiger partial charge in [-0.25, -0.2) is 15.0 Å². The first-order chi connectivity index (χ1) is 30.7. The molecule has 290 valence electrons. The molecular weight excluding hydrogens is 755 g/mol. The largest absolute Gasteiger partial charge is 0.309 e. The van der Waals surface area contributed by atoms with Gasteiger partial charge in [0, 0.05) is 49.6 Å². The van der Waals surface area contributed by atoms with Gasteiger partial charge in [0.25, 0.3) is 0 Å². The van der Waals surface area contributed by atoms with E-state index in [0.29, 0.717) is 17.5 Å². The van der Waals surface area contributed by atoms with Gasteiger partial charge in [-0.2, -0.15) is 0 Å². The van der Waals surface area contributed by atoms with Crippen LogP contribution in [0, 0.1) is 0 Å². The summed E-state index contributed by atoms with van der Waals surface area (Å²) in [5.74, 6) is 1.84. The molecule has 12 aromatic rings. The van der Waals surface area contributed by atoms with Crippen molar-refractivity contribution >= 4 is 43.6 Å². The summed E-state index contributed by atoms with van der Waals surface area (Å²) in [4.78, 5) is 15.6. The van der Waals surface area contributed by atoms with Crippen molar-refractivity contribution < 1.29 is 0 Å². The fourth-order valence-electron chi connectivity index (χ4n) is 9.04. The molecule has 0 spiro atoms. The van der Waals surface area contributed by atoms with Crippen LogP contribution >= 0.6 is 0 Å². The van der Waals surface area contributed by atoms with Crippen molar-refractivity contribution in [1.29, 1.82) is 0 Å². The Morgan fingerprint density at radius 1 is 0.226 bits per heavy atom. The van der Waals surface area contributed by atoms with Crippen molar-refractivity contribution in [2.75, 3.05) is 0 Å². The normalized spacial score (nSPS) is 11.5. The Hall–Kier alpha value is -8.41. The van der Waals surface area contributed by atoms with Crippen LogP contribution in [0.3, 0.4) is 0 Å². The third-order valence-corrected chi connectivity index (χ3v) is 11.9. The number of nitrogens with zero attached hydrogens (tertiary/aromatic N) is 5. The summed E-state index contributed by atoms with van der Waals surface area (Å²) in [5, 5.41) is 4.76. The maximum Gasteiger partial charge on any atom is 0.164 e. The molecule has 0 radical (unpaired) electrons. The van der Waals surface area contributed by atoms with E-state index in [1.54, 1.807) is 0 Å². The lowest BCUT2D eigenvalue weighted by Gasteiger charge is -2.16. The molecule has 0 aliphatic heterocycles. The molecule has 0 amide bonds. The molecule has 0 N–H and O–H groups in total. The summed E-state index contributed by atoms with van der Waals surface area (Å²) in [5.41, 5.74) is 13.9. The minimum absolute atomic E-state index is 0.595. The molecule has 5 nitrogen and oxygen atoms in total. The number of benzene rings is 9. The summed E-state index contributed by atoms with van der Waals surface area (Å²) >= 11 is 0. The van der Waals surface area contributed by atoms with E-state index in [-0.39, 0.29) is 0 Å². The highest BCUT2D eigenvalue weighted by molar-refractivity contribution is 6.12. The van der Waals surface area contributed by atoms with Crippen LogP contribution < -0.4 is 0 Å². The van der Waals surface area contributed by atoms with Gasteiger partial charge in [-0.1, -0.05) is 182 Å². The zero-order valence-corrected chi connectivity index (χ0v) is 33.6. The first-order valence-electron chi connectivity index (χ1n) is 20.9. The van der Waals surface area contributed by atoms with Crippen molar-refractivity contribution in [3.8, 4) is 67.8 Å². The Labute approximate surface area is 358 Å². The molecule has 3 aromatic heterocycles. The van der Waals surface area contributed by atoms with Gasteiger partial charge < -0.3 is 9.13 Å². The van der Waals surface area contributed by atoms with E-state index in [9.17, 15) is 0 Å². The smallest absolute Gasteiger partial charge is 0.164 e. The third-order valence-electron chi connectivity index (χ3n) is 11.9. The number of rotatable bonds is 7. The summed E-state index contributed by atoms with van der Waals surface area (Å²) in [6, 6.07) is 79.5. The van der Waals surface area contributed by atoms with E-state index in [4.69, 9.17) is 15.0 Å². The highest BCUT2D eigenvalue weighted by Crippen LogP contribution is 2.40. The number of hydrogen-bond acceptors (Lipinski definition) is 3. The predicted octanol–water partition coefficient (Wildman–Crippen LogP) is 14.4. The summed E-state index contributed by atoms with van der Waals surface area (Å²) < 4.78 is 4.82. The third kappa shape index (κ3) is 6.06. The average molecular weight is 792 g/mol. The van der Waals surface area contributed by atoms with E-state index in [0.717, 1.165) is 61.3 Å². The van der Waals surface area contributed by atoms with Gasteiger partial charge in [0.2, 0.25) is 0 Å². The van der Waals surface area contributed by atoms with Crippen molar-refractivity contribution in [2.24, 2.45) is 0 Å². The van der Waals surface area contributed by atoms with Gasteiger partial charge in [0.1, 0.15) is 0 Å². The summed E-state index contributed by atoms with van der Waals surface area (Å²) in [6.45, 7) is 0. The van der Waals surface area contributed by atoms with Crippen LogP contribution in [0.15, 0.2) is 224 Å². The molecule has 9 aromatic carbocycles. The molecule has 0 fully saturated rings. The van der Waals surface area contributed by atoms with Gasteiger partial charge >= 0.3 is 0 Å². The second-order valence-corrected chi connectivity index (χ2v) is 15.7. The van der Waals surface area contributed by atoms with Gasteiger partial charge in [0.05, 0.1) is 22.1 Å². The lowest BCUT2D eigenvalue weighted by molar-refractivity contribution is 1.07. The Bertz CT molecular complexity index is 3380. The Morgan fingerprint density at radius 2 is 0.565 bits per heavy atom. The second-order valence-electron chi connectivity index (χ2n) is 15.7. The van der Waals surface area contributed by atoms with Crippen LogP contribution in [-0.4, -0.2) is 24.1 Å². The SMILES string of the molecule is c1ccc(-c2ccc3c4ccccc4n(-c4cc(-c5nc(-c6ccccc6)nc(-c6ccccc6)n5)cc(-n5c6ccccc6c6ccc(-c7ccccc7)cc65)c4)c3c2)cc1. The molecule has 3 heterocycles. The molecule has 0 aliphatic carbocycles. The molecular formula is C57H37N5. The van der Waals surface area contributed by atoms with Gasteiger partial charge in [0.15, 0.2) is 17.5 Å². The lowest BCUT2D eigenvalue weighted by Crippen LogP contribution is -2.03. The van der Waals surface area contributed by atoms with Crippen molar-refractivity contribution in [1.82, 2.24) is 24.1 Å². The van der Waals surface area contributed by atoms with E-state index in [2.05, 4.69) is 197 Å². The van der Waals surface area contributed by atoms with Gasteiger partial charge in [-0.05, 0) is 64.7 Å². The first-order valence-corrected chi connectivity index (χ1v) is 20.9. The van der Waals surface area contributed by atoms with E-state index >= 15 is 0 Å². The van der Waals surface area contributed by atoms with Crippen LogP contribution in [0.1, 0.15) is 0 Å². The maximum absolute atomic E-state index is 5.26. The highest BCUT2D eigenvalue weighted by Gasteiger charge is 2.20. The predicted molar refractivity (Wildman–Crippen MR) is 256 cm³/mol. The van der Waals surface area contributed by atoms with Crippen LogP contribution in [-0.2, 0) is 0 Å². The topological polar surface area (TPSA) is 48.5 Å². The van der Waals surface area contributed by atoms with Gasteiger partial charge in [-0.3, -0.25) is 0 Å². The zero-order valence-electron chi connectivity index (χ0n) is 33.6. The van der Waals surface area contributed by atoms with E-state index in [1.807, 2.05) is 36.4 Å². The van der Waals surface area contributed by atoms with Crippen molar-refractivity contribution in [3.63, 3.8) is 0 Å². The lowest BCUT2D eigenvalue weighted by atomic mass is 10.0. The zero-order chi connectivity index (χ0) is 41.0. The summed E-state index contributed by atoms with van der Waals surface area (Å²) in [7, 11) is 0. The molecule has 0 aliphatic rings. The van der Waals surface area contributed by atoms with Crippen molar-refractivity contribution in [3.05, 3.63) is 224 Å². The minimum atomic E-state index is 0.595. The quantitative estimate of drug-likeness (QED) is 0.162. The minimum Gasteiger partial charge on any atom is -0.309 e. The average Bonchev–Trinajstić information content (AvgIpc) is 3.87. The van der Waals surface area contributed by atoms with E-state index < -0.39 is 0 Å². The molecule has 0 saturated carbocycles.